The molecule has 0 saturated heterocycles. The van der Waals surface area contributed by atoms with Crippen LogP contribution in [0, 0.1) is 0 Å². The first kappa shape index (κ1) is 13.2. The van der Waals surface area contributed by atoms with Crippen molar-refractivity contribution < 1.29 is 4.79 Å². The third kappa shape index (κ3) is 2.61. The first-order chi connectivity index (χ1) is 8.71. The van der Waals surface area contributed by atoms with E-state index in [0.29, 0.717) is 18.7 Å². The molecule has 0 bridgehead atoms. The van der Waals surface area contributed by atoms with Gasteiger partial charge in [0.05, 0.1) is 6.20 Å². The van der Waals surface area contributed by atoms with Crippen LogP contribution in [0.2, 0.25) is 0 Å². The molecule has 1 aromatic rings. The van der Waals surface area contributed by atoms with E-state index in [9.17, 15) is 4.79 Å². The van der Waals surface area contributed by atoms with Gasteiger partial charge in [0, 0.05) is 18.5 Å². The number of Topliss-reactive ketones (excluding diaryl/α,β-unsaturated/α-hetero) is 1. The van der Waals surface area contributed by atoms with Gasteiger partial charge in [0.15, 0.2) is 5.78 Å². The minimum atomic E-state index is -0.0157. The van der Waals surface area contributed by atoms with Gasteiger partial charge < -0.3 is 5.32 Å². The lowest BCUT2D eigenvalue weighted by Crippen LogP contribution is -2.46. The van der Waals surface area contributed by atoms with Crippen molar-refractivity contribution in [2.75, 3.05) is 7.05 Å². The molecule has 0 unspecified atom stereocenters. The summed E-state index contributed by atoms with van der Waals surface area (Å²) in [6.07, 6.45) is 8.01. The number of aryl methyl sites for hydroxylation is 1. The molecular formula is C13H22N4O. The average molecular weight is 250 g/mol. The van der Waals surface area contributed by atoms with Crippen LogP contribution in [0.3, 0.4) is 0 Å². The van der Waals surface area contributed by atoms with Gasteiger partial charge in [-0.05, 0) is 26.8 Å². The van der Waals surface area contributed by atoms with Crippen LogP contribution in [0.4, 0.5) is 0 Å². The first-order valence-corrected chi connectivity index (χ1v) is 6.81. The summed E-state index contributed by atoms with van der Waals surface area (Å²) in [5.74, 6) is 0.151. The fourth-order valence-electron chi connectivity index (χ4n) is 2.85. The normalized spacial score (nSPS) is 18.8. The highest BCUT2D eigenvalue weighted by molar-refractivity contribution is 5.94. The Bertz CT molecular complexity index is 407. The summed E-state index contributed by atoms with van der Waals surface area (Å²) in [5, 5.41) is 11.1. The van der Waals surface area contributed by atoms with E-state index in [1.54, 1.807) is 10.9 Å². The lowest BCUT2D eigenvalue weighted by Gasteiger charge is -2.36. The molecular weight excluding hydrogens is 228 g/mol. The summed E-state index contributed by atoms with van der Waals surface area (Å²) < 4.78 is 1.68. The molecule has 1 aliphatic carbocycles. The van der Waals surface area contributed by atoms with E-state index in [4.69, 9.17) is 0 Å². The van der Waals surface area contributed by atoms with Crippen molar-refractivity contribution in [3.63, 3.8) is 0 Å². The van der Waals surface area contributed by atoms with Crippen LogP contribution in [-0.2, 0) is 6.54 Å². The summed E-state index contributed by atoms with van der Waals surface area (Å²) in [4.78, 5) is 12.4. The molecule has 0 radical (unpaired) electrons. The summed E-state index contributed by atoms with van der Waals surface area (Å²) in [7, 11) is 1.97. The van der Waals surface area contributed by atoms with E-state index >= 15 is 0 Å². The second kappa shape index (κ2) is 5.61. The monoisotopic (exact) mass is 250 g/mol. The molecule has 2 rings (SSSR count). The predicted molar refractivity (Wildman–Crippen MR) is 69.5 cm³/mol. The van der Waals surface area contributed by atoms with Crippen molar-refractivity contribution in [3.05, 3.63) is 11.9 Å². The number of carbonyl (C=O) groups is 1. The molecule has 1 N–H and O–H groups in total. The maximum Gasteiger partial charge on any atom is 0.184 e. The van der Waals surface area contributed by atoms with E-state index in [1.807, 2.05) is 14.0 Å². The fourth-order valence-corrected chi connectivity index (χ4v) is 2.85. The van der Waals surface area contributed by atoms with Crippen LogP contribution in [-0.4, -0.2) is 33.4 Å². The summed E-state index contributed by atoms with van der Waals surface area (Å²) in [5.41, 5.74) is 0.621. The molecule has 0 atom stereocenters. The van der Waals surface area contributed by atoms with Crippen LogP contribution < -0.4 is 5.32 Å². The molecule has 0 aliphatic heterocycles. The second-order valence-corrected chi connectivity index (χ2v) is 5.13. The molecule has 1 aromatic heterocycles. The van der Waals surface area contributed by atoms with Crippen molar-refractivity contribution in [3.8, 4) is 0 Å². The topological polar surface area (TPSA) is 59.8 Å². The molecule has 5 heteroatoms. The Morgan fingerprint density at radius 2 is 2.17 bits per heavy atom. The zero-order valence-corrected chi connectivity index (χ0v) is 11.3. The highest BCUT2D eigenvalue weighted by atomic mass is 16.1. The number of carbonyl (C=O) groups excluding carboxylic acids is 1. The predicted octanol–water partition coefficient (Wildman–Crippen LogP) is 1.79. The highest BCUT2D eigenvalue weighted by Gasteiger charge is 2.33. The Balaban J connectivity index is 2.10. The summed E-state index contributed by atoms with van der Waals surface area (Å²) >= 11 is 0. The number of hydrogen-bond acceptors (Lipinski definition) is 4. The van der Waals surface area contributed by atoms with Crippen LogP contribution >= 0.6 is 0 Å². The molecule has 0 aromatic carbocycles. The minimum absolute atomic E-state index is 0.0157. The summed E-state index contributed by atoms with van der Waals surface area (Å²) in [6.45, 7) is 2.66. The Morgan fingerprint density at radius 3 is 2.78 bits per heavy atom. The van der Waals surface area contributed by atoms with Crippen LogP contribution in [0.5, 0.6) is 0 Å². The zero-order valence-electron chi connectivity index (χ0n) is 11.3. The molecule has 1 aliphatic rings. The van der Waals surface area contributed by atoms with Gasteiger partial charge in [-0.25, -0.2) is 4.68 Å². The average Bonchev–Trinajstić information content (AvgIpc) is 2.88. The van der Waals surface area contributed by atoms with Crippen molar-refractivity contribution in [1.82, 2.24) is 20.3 Å². The van der Waals surface area contributed by atoms with Gasteiger partial charge >= 0.3 is 0 Å². The van der Waals surface area contributed by atoms with Crippen molar-refractivity contribution in [2.24, 2.45) is 0 Å². The number of nitrogens with zero attached hydrogens (tertiary/aromatic N) is 3. The number of hydrogen-bond donors (Lipinski definition) is 1. The lowest BCUT2D eigenvalue weighted by molar-refractivity contribution is 0.0904. The molecule has 1 heterocycles. The van der Waals surface area contributed by atoms with E-state index in [1.165, 1.54) is 19.3 Å². The van der Waals surface area contributed by atoms with Gasteiger partial charge in [0.1, 0.15) is 5.69 Å². The molecule has 0 spiro atoms. The highest BCUT2D eigenvalue weighted by Crippen LogP contribution is 2.31. The SMILES string of the molecule is CCn1nncc1C(=O)CC1(NC)CCCCC1. The Morgan fingerprint density at radius 1 is 1.44 bits per heavy atom. The van der Waals surface area contributed by atoms with E-state index < -0.39 is 0 Å². The largest absolute Gasteiger partial charge is 0.314 e. The molecule has 18 heavy (non-hydrogen) atoms. The molecule has 5 nitrogen and oxygen atoms in total. The zero-order chi connectivity index (χ0) is 13.0. The Hall–Kier alpha value is -1.23. The van der Waals surface area contributed by atoms with Gasteiger partial charge in [-0.15, -0.1) is 5.10 Å². The maximum absolute atomic E-state index is 12.4. The quantitative estimate of drug-likeness (QED) is 0.809. The standard InChI is InChI=1S/C13H22N4O/c1-3-17-11(10-15-16-17)12(18)9-13(14-2)7-5-4-6-8-13/h10,14H,3-9H2,1-2H3. The van der Waals surface area contributed by atoms with Crippen LogP contribution in [0.25, 0.3) is 0 Å². The van der Waals surface area contributed by atoms with Crippen LogP contribution in [0.1, 0.15) is 55.9 Å². The van der Waals surface area contributed by atoms with Gasteiger partial charge in [-0.2, -0.15) is 0 Å². The molecule has 100 valence electrons. The summed E-state index contributed by atoms with van der Waals surface area (Å²) in [6, 6.07) is 0. The smallest absolute Gasteiger partial charge is 0.184 e. The van der Waals surface area contributed by atoms with E-state index in [0.717, 1.165) is 12.8 Å². The molecule has 1 saturated carbocycles. The van der Waals surface area contributed by atoms with Crippen molar-refractivity contribution in [2.45, 2.75) is 57.5 Å². The van der Waals surface area contributed by atoms with Crippen molar-refractivity contribution >= 4 is 5.78 Å². The van der Waals surface area contributed by atoms with Gasteiger partial charge in [-0.1, -0.05) is 24.5 Å². The third-order valence-electron chi connectivity index (χ3n) is 4.04. The Labute approximate surface area is 108 Å². The lowest BCUT2D eigenvalue weighted by atomic mass is 9.78. The first-order valence-electron chi connectivity index (χ1n) is 6.81. The molecule has 1 fully saturated rings. The fraction of sp³-hybridized carbons (Fsp3) is 0.769. The minimum Gasteiger partial charge on any atom is -0.314 e. The number of aromatic nitrogens is 3. The third-order valence-corrected chi connectivity index (χ3v) is 4.04. The number of nitrogens with one attached hydrogen (secondary N) is 1. The van der Waals surface area contributed by atoms with E-state index in [-0.39, 0.29) is 11.3 Å². The maximum atomic E-state index is 12.4. The van der Waals surface area contributed by atoms with Crippen molar-refractivity contribution in [1.29, 1.82) is 0 Å². The van der Waals surface area contributed by atoms with Gasteiger partial charge in [-0.3, -0.25) is 4.79 Å². The van der Waals surface area contributed by atoms with Gasteiger partial charge in [0.2, 0.25) is 0 Å². The second-order valence-electron chi connectivity index (χ2n) is 5.13. The van der Waals surface area contributed by atoms with Crippen LogP contribution in [0.15, 0.2) is 6.20 Å². The number of rotatable bonds is 5. The van der Waals surface area contributed by atoms with E-state index in [2.05, 4.69) is 15.6 Å². The Kier molecular flexibility index (Phi) is 4.11. The molecule has 0 amide bonds. The van der Waals surface area contributed by atoms with Gasteiger partial charge in [0.25, 0.3) is 0 Å². The number of ketones is 1.